The van der Waals surface area contributed by atoms with Crippen LogP contribution < -0.4 is 4.90 Å². The molecular formula is C26H20N2O4. The molecule has 1 fully saturated rings. The van der Waals surface area contributed by atoms with Gasteiger partial charge in [0.15, 0.2) is 0 Å². The summed E-state index contributed by atoms with van der Waals surface area (Å²) in [6.45, 7) is 4.07. The minimum absolute atomic E-state index is 0.0432. The van der Waals surface area contributed by atoms with Gasteiger partial charge in [-0.05, 0) is 28.3 Å². The van der Waals surface area contributed by atoms with Crippen molar-refractivity contribution in [3.05, 3.63) is 105 Å². The number of anilines is 1. The molecule has 6 heteroatoms. The van der Waals surface area contributed by atoms with Gasteiger partial charge < -0.3 is 0 Å². The number of rotatable bonds is 2. The Bertz CT molecular complexity index is 1240. The average molecular weight is 424 g/mol. The lowest BCUT2D eigenvalue weighted by Crippen LogP contribution is -2.59. The number of imide groups is 1. The minimum atomic E-state index is -0.708. The predicted octanol–water partition coefficient (Wildman–Crippen LogP) is 4.34. The first-order valence-corrected chi connectivity index (χ1v) is 10.6. The molecule has 1 heterocycles. The maximum Gasteiger partial charge on any atom is 0.293 e. The summed E-state index contributed by atoms with van der Waals surface area (Å²) in [5.74, 6) is -2.01. The van der Waals surface area contributed by atoms with Crippen LogP contribution in [0.15, 0.2) is 72.8 Å². The summed E-state index contributed by atoms with van der Waals surface area (Å²) < 4.78 is 0. The lowest BCUT2D eigenvalue weighted by atomic mass is 9.42. The summed E-state index contributed by atoms with van der Waals surface area (Å²) in [5.41, 5.74) is 2.58. The normalized spacial score (nSPS) is 29.5. The molecule has 0 N–H and O–H groups in total. The van der Waals surface area contributed by atoms with Gasteiger partial charge >= 0.3 is 0 Å². The zero-order valence-corrected chi connectivity index (χ0v) is 17.6. The Balaban J connectivity index is 1.66. The number of benzene rings is 3. The first-order valence-electron chi connectivity index (χ1n) is 10.6. The lowest BCUT2D eigenvalue weighted by Gasteiger charge is -2.57. The van der Waals surface area contributed by atoms with Crippen LogP contribution in [0.25, 0.3) is 0 Å². The Morgan fingerprint density at radius 3 is 1.50 bits per heavy atom. The average Bonchev–Trinajstić information content (AvgIpc) is 3.08. The maximum absolute atomic E-state index is 14.0. The van der Waals surface area contributed by atoms with Crippen LogP contribution in [0.1, 0.15) is 36.1 Å². The molecule has 2 bridgehead atoms. The molecule has 3 aromatic carbocycles. The number of hydrogen-bond acceptors (Lipinski definition) is 4. The molecule has 0 radical (unpaired) electrons. The van der Waals surface area contributed by atoms with Gasteiger partial charge in [0, 0.05) is 16.9 Å². The van der Waals surface area contributed by atoms with Crippen molar-refractivity contribution in [3.8, 4) is 0 Å². The summed E-state index contributed by atoms with van der Waals surface area (Å²) in [6.07, 6.45) is 0. The van der Waals surface area contributed by atoms with Crippen molar-refractivity contribution in [1.29, 1.82) is 0 Å². The second-order valence-corrected chi connectivity index (χ2v) is 9.21. The Morgan fingerprint density at radius 2 is 1.09 bits per heavy atom. The molecule has 4 aliphatic rings. The summed E-state index contributed by atoms with van der Waals surface area (Å²) in [6, 6.07) is 22.0. The van der Waals surface area contributed by atoms with Gasteiger partial charge in [0.2, 0.25) is 11.8 Å². The number of nitro groups is 1. The Kier molecular flexibility index (Phi) is 3.50. The van der Waals surface area contributed by atoms with E-state index in [1.165, 1.54) is 18.2 Å². The van der Waals surface area contributed by atoms with Gasteiger partial charge in [-0.1, -0.05) is 74.5 Å². The van der Waals surface area contributed by atoms with Crippen LogP contribution >= 0.6 is 0 Å². The van der Waals surface area contributed by atoms with Crippen molar-refractivity contribution < 1.29 is 14.5 Å². The summed E-state index contributed by atoms with van der Waals surface area (Å²) in [5, 5.41) is 11.7. The predicted molar refractivity (Wildman–Crippen MR) is 118 cm³/mol. The third-order valence-corrected chi connectivity index (χ3v) is 7.96. The van der Waals surface area contributed by atoms with E-state index in [-0.39, 0.29) is 23.2 Å². The molecule has 0 unspecified atom stereocenters. The number of nitrogens with zero attached hydrogens (tertiary/aromatic N) is 2. The highest BCUT2D eigenvalue weighted by molar-refractivity contribution is 6.25. The lowest BCUT2D eigenvalue weighted by molar-refractivity contribution is -0.384. The molecule has 32 heavy (non-hydrogen) atoms. The molecule has 2 atom stereocenters. The fourth-order valence-corrected chi connectivity index (χ4v) is 6.62. The second-order valence-electron chi connectivity index (χ2n) is 9.21. The number of para-hydroxylation sites is 2. The molecule has 0 spiro atoms. The van der Waals surface area contributed by atoms with Crippen molar-refractivity contribution >= 4 is 23.2 Å². The van der Waals surface area contributed by atoms with Crippen LogP contribution in [0.3, 0.4) is 0 Å². The maximum atomic E-state index is 14.0. The largest absolute Gasteiger partial charge is 0.293 e. The first-order chi connectivity index (χ1) is 15.3. The zero-order valence-electron chi connectivity index (χ0n) is 17.6. The smallest absolute Gasteiger partial charge is 0.274 e. The third-order valence-electron chi connectivity index (χ3n) is 7.96. The number of carbonyl (C=O) groups is 2. The van der Waals surface area contributed by atoms with E-state index in [0.717, 1.165) is 27.2 Å². The van der Waals surface area contributed by atoms with Crippen molar-refractivity contribution in [1.82, 2.24) is 0 Å². The Hall–Kier alpha value is -3.80. The van der Waals surface area contributed by atoms with Crippen LogP contribution in [-0.2, 0) is 20.4 Å². The van der Waals surface area contributed by atoms with Gasteiger partial charge in [-0.2, -0.15) is 0 Å². The van der Waals surface area contributed by atoms with Crippen molar-refractivity contribution in [2.24, 2.45) is 11.8 Å². The molecule has 1 aliphatic heterocycles. The van der Waals surface area contributed by atoms with Crippen LogP contribution in [0.5, 0.6) is 0 Å². The summed E-state index contributed by atoms with van der Waals surface area (Å²) in [7, 11) is 0. The second kappa shape index (κ2) is 5.91. The molecular weight excluding hydrogens is 404 g/mol. The molecule has 2 amide bonds. The highest BCUT2D eigenvalue weighted by atomic mass is 16.6. The fraction of sp³-hybridized carbons (Fsp3) is 0.231. The molecule has 3 aliphatic carbocycles. The fourth-order valence-electron chi connectivity index (χ4n) is 6.62. The molecule has 6 nitrogen and oxygen atoms in total. The Morgan fingerprint density at radius 1 is 0.719 bits per heavy atom. The van der Waals surface area contributed by atoms with E-state index < -0.39 is 27.6 Å². The SMILES string of the molecule is CC12c3ccccc3C(C)(c3ccccc31)[C@@H]1C(=O)N(c3ccccc3[N+](=O)[O-])C(=O)[C@H]12. The zero-order chi connectivity index (χ0) is 22.4. The summed E-state index contributed by atoms with van der Waals surface area (Å²) in [4.78, 5) is 40.1. The number of hydrogen-bond donors (Lipinski definition) is 0. The van der Waals surface area contributed by atoms with Gasteiger partial charge in [0.1, 0.15) is 5.69 Å². The van der Waals surface area contributed by atoms with E-state index in [0.29, 0.717) is 0 Å². The Labute approximate surface area is 184 Å². The van der Waals surface area contributed by atoms with Crippen LogP contribution in [0.2, 0.25) is 0 Å². The van der Waals surface area contributed by atoms with Crippen molar-refractivity contribution in [2.75, 3.05) is 4.90 Å². The molecule has 3 aromatic rings. The minimum Gasteiger partial charge on any atom is -0.274 e. The number of amides is 2. The van der Waals surface area contributed by atoms with Gasteiger partial charge in [0.05, 0.1) is 16.8 Å². The van der Waals surface area contributed by atoms with Gasteiger partial charge in [-0.15, -0.1) is 0 Å². The highest BCUT2D eigenvalue weighted by Gasteiger charge is 2.70. The molecule has 7 rings (SSSR count). The van der Waals surface area contributed by atoms with Gasteiger partial charge in [-0.25, -0.2) is 4.90 Å². The molecule has 0 aromatic heterocycles. The van der Waals surface area contributed by atoms with Gasteiger partial charge in [-0.3, -0.25) is 19.7 Å². The van der Waals surface area contributed by atoms with Crippen LogP contribution in [0.4, 0.5) is 11.4 Å². The van der Waals surface area contributed by atoms with E-state index in [2.05, 4.69) is 0 Å². The monoisotopic (exact) mass is 424 g/mol. The van der Waals surface area contributed by atoms with E-state index in [1.807, 2.05) is 62.4 Å². The van der Waals surface area contributed by atoms with Crippen molar-refractivity contribution in [2.45, 2.75) is 24.7 Å². The standard InChI is InChI=1S/C26H20N2O4/c1-25-15-9-3-5-11-17(15)26(2,18-12-6-4-10-16(18)25)22-21(25)23(29)27(24(22)30)19-13-7-8-14-20(19)28(31)32/h3-14,21-22H,1-2H3/t21-,22-,25?,26?/m0/s1. The van der Waals surface area contributed by atoms with E-state index >= 15 is 0 Å². The molecule has 0 saturated carbocycles. The van der Waals surface area contributed by atoms with E-state index in [9.17, 15) is 19.7 Å². The third kappa shape index (κ3) is 1.92. The topological polar surface area (TPSA) is 80.5 Å². The highest BCUT2D eigenvalue weighted by Crippen LogP contribution is 2.66. The van der Waals surface area contributed by atoms with Crippen LogP contribution in [0, 0.1) is 22.0 Å². The number of nitro benzene ring substituents is 1. The summed E-state index contributed by atoms with van der Waals surface area (Å²) >= 11 is 0. The first kappa shape index (κ1) is 18.9. The van der Waals surface area contributed by atoms with Gasteiger partial charge in [0.25, 0.3) is 5.69 Å². The van der Waals surface area contributed by atoms with E-state index in [4.69, 9.17) is 0 Å². The van der Waals surface area contributed by atoms with E-state index in [1.54, 1.807) is 6.07 Å². The molecule has 1 saturated heterocycles. The molecule has 158 valence electrons. The number of carbonyl (C=O) groups excluding carboxylic acids is 2. The quantitative estimate of drug-likeness (QED) is 0.348. The van der Waals surface area contributed by atoms with Crippen molar-refractivity contribution in [3.63, 3.8) is 0 Å². The van der Waals surface area contributed by atoms with Crippen LogP contribution in [-0.4, -0.2) is 16.7 Å².